The molecule has 0 aliphatic heterocycles. The van der Waals surface area contributed by atoms with Gasteiger partial charge in [0.15, 0.2) is 0 Å². The van der Waals surface area contributed by atoms with Crippen molar-refractivity contribution >= 4 is 18.7 Å². The summed E-state index contributed by atoms with van der Waals surface area (Å²) in [7, 11) is 0. The first kappa shape index (κ1) is 9.06. The number of aromatic nitrogens is 1. The monoisotopic (exact) mass is 182 g/mol. The molecule has 0 unspecified atom stereocenters. The quantitative estimate of drug-likeness (QED) is 0.675. The van der Waals surface area contributed by atoms with E-state index in [1.54, 1.807) is 18.3 Å². The molecule has 1 aromatic heterocycles. The number of hydrogen-bond donors (Lipinski definition) is 2. The second kappa shape index (κ2) is 4.11. The maximum Gasteiger partial charge on any atom is 0.261 e. The Morgan fingerprint density at radius 3 is 3.08 bits per heavy atom. The van der Waals surface area contributed by atoms with Gasteiger partial charge in [-0.1, -0.05) is 19.7 Å². The fourth-order valence-electron chi connectivity index (χ4n) is 0.877. The van der Waals surface area contributed by atoms with Gasteiger partial charge in [-0.25, -0.2) is 0 Å². The van der Waals surface area contributed by atoms with Gasteiger partial charge in [0.1, 0.15) is 0 Å². The smallest absolute Gasteiger partial charge is 0.261 e. The average Bonchev–Trinajstić information content (AvgIpc) is 2.17. The number of carbonyl (C=O) groups is 1. The number of aryl methyl sites for hydroxylation is 1. The highest BCUT2D eigenvalue weighted by Gasteiger charge is 2.02. The van der Waals surface area contributed by atoms with Crippen molar-refractivity contribution in [2.75, 3.05) is 0 Å². The van der Waals surface area contributed by atoms with Crippen LogP contribution in [0.3, 0.4) is 0 Å². The van der Waals surface area contributed by atoms with Gasteiger partial charge in [-0.15, -0.1) is 0 Å². The summed E-state index contributed by atoms with van der Waals surface area (Å²) in [5.74, 6) is -0.199. The van der Waals surface area contributed by atoms with Gasteiger partial charge in [0.05, 0.1) is 0 Å². The molecule has 1 amide bonds. The predicted molar refractivity (Wildman–Crippen MR) is 50.1 cm³/mol. The van der Waals surface area contributed by atoms with E-state index >= 15 is 0 Å². The van der Waals surface area contributed by atoms with Crippen molar-refractivity contribution in [2.24, 2.45) is 0 Å². The van der Waals surface area contributed by atoms with Crippen LogP contribution in [-0.4, -0.2) is 10.9 Å². The minimum absolute atomic E-state index is 0.199. The van der Waals surface area contributed by atoms with Gasteiger partial charge in [-0.05, 0) is 18.6 Å². The van der Waals surface area contributed by atoms with E-state index in [1.165, 1.54) is 0 Å². The topological polar surface area (TPSA) is 42.0 Å². The van der Waals surface area contributed by atoms with E-state index in [-0.39, 0.29) is 5.91 Å². The van der Waals surface area contributed by atoms with E-state index in [0.717, 1.165) is 12.1 Å². The van der Waals surface area contributed by atoms with Gasteiger partial charge in [0, 0.05) is 17.5 Å². The lowest BCUT2D eigenvalue weighted by Gasteiger charge is -1.99. The molecule has 4 heteroatoms. The Morgan fingerprint density at radius 2 is 2.50 bits per heavy atom. The summed E-state index contributed by atoms with van der Waals surface area (Å²) < 4.78 is 2.26. The highest BCUT2D eigenvalue weighted by molar-refractivity contribution is 7.78. The third-order valence-corrected chi connectivity index (χ3v) is 1.75. The van der Waals surface area contributed by atoms with Crippen LogP contribution in [0.5, 0.6) is 0 Å². The molecule has 12 heavy (non-hydrogen) atoms. The summed E-state index contributed by atoms with van der Waals surface area (Å²) >= 11 is 3.67. The second-order valence-corrected chi connectivity index (χ2v) is 2.55. The maximum absolute atomic E-state index is 11.1. The fraction of sp³-hybridized carbons (Fsp3) is 0.250. The van der Waals surface area contributed by atoms with Gasteiger partial charge >= 0.3 is 0 Å². The summed E-state index contributed by atoms with van der Waals surface area (Å²) in [4.78, 5) is 15.1. The van der Waals surface area contributed by atoms with Gasteiger partial charge in [0.25, 0.3) is 5.91 Å². The zero-order chi connectivity index (χ0) is 8.97. The first-order chi connectivity index (χ1) is 5.77. The van der Waals surface area contributed by atoms with Crippen molar-refractivity contribution in [3.63, 3.8) is 0 Å². The molecular weight excluding hydrogens is 172 g/mol. The van der Waals surface area contributed by atoms with Crippen LogP contribution in [0.25, 0.3) is 0 Å². The van der Waals surface area contributed by atoms with Crippen LogP contribution < -0.4 is 4.72 Å². The minimum Gasteiger partial charge on any atom is -0.299 e. The third kappa shape index (κ3) is 1.98. The van der Waals surface area contributed by atoms with Crippen LogP contribution in [0.4, 0.5) is 0 Å². The standard InChI is InChI=1S/C8H10N2OS/c1-2-7-5-6(3-4-9-7)8(11)10-12/h3-5,12H,2H2,1H3,(H,10,11). The number of amides is 1. The average molecular weight is 182 g/mol. The molecule has 0 aliphatic rings. The molecule has 1 rings (SSSR count). The lowest BCUT2D eigenvalue weighted by molar-refractivity contribution is 0.0985. The zero-order valence-electron chi connectivity index (χ0n) is 6.74. The van der Waals surface area contributed by atoms with Crippen LogP contribution in [-0.2, 0) is 6.42 Å². The predicted octanol–water partition coefficient (Wildman–Crippen LogP) is 1.22. The van der Waals surface area contributed by atoms with Gasteiger partial charge in [0.2, 0.25) is 0 Å². The van der Waals surface area contributed by atoms with Crippen molar-refractivity contribution in [3.05, 3.63) is 29.6 Å². The molecule has 0 atom stereocenters. The number of nitrogens with one attached hydrogen (secondary N) is 1. The summed E-state index contributed by atoms with van der Waals surface area (Å²) in [5.41, 5.74) is 1.50. The van der Waals surface area contributed by atoms with E-state index in [1.807, 2.05) is 6.92 Å². The van der Waals surface area contributed by atoms with Crippen molar-refractivity contribution in [1.29, 1.82) is 0 Å². The van der Waals surface area contributed by atoms with Crippen LogP contribution in [0.15, 0.2) is 18.3 Å². The first-order valence-corrected chi connectivity index (χ1v) is 4.12. The molecule has 1 aromatic rings. The minimum atomic E-state index is -0.199. The highest BCUT2D eigenvalue weighted by atomic mass is 32.1. The zero-order valence-corrected chi connectivity index (χ0v) is 7.64. The van der Waals surface area contributed by atoms with Crippen LogP contribution >= 0.6 is 12.8 Å². The fourth-order valence-corrected chi connectivity index (χ4v) is 1.01. The molecule has 0 bridgehead atoms. The van der Waals surface area contributed by atoms with Gasteiger partial charge in [-0.2, -0.15) is 0 Å². The van der Waals surface area contributed by atoms with E-state index in [9.17, 15) is 4.79 Å². The molecule has 0 radical (unpaired) electrons. The SMILES string of the molecule is CCc1cc(C(=O)NS)ccn1. The van der Waals surface area contributed by atoms with Crippen LogP contribution in [0, 0.1) is 0 Å². The van der Waals surface area contributed by atoms with Crippen molar-refractivity contribution in [2.45, 2.75) is 13.3 Å². The number of hydrogen-bond acceptors (Lipinski definition) is 3. The van der Waals surface area contributed by atoms with Gasteiger partial charge in [-0.3, -0.25) is 14.5 Å². The Kier molecular flexibility index (Phi) is 3.10. The highest BCUT2D eigenvalue weighted by Crippen LogP contribution is 2.02. The molecule has 0 saturated carbocycles. The molecule has 0 aromatic carbocycles. The van der Waals surface area contributed by atoms with Gasteiger partial charge < -0.3 is 0 Å². The summed E-state index contributed by atoms with van der Waals surface area (Å²) in [6.45, 7) is 1.99. The lowest BCUT2D eigenvalue weighted by Crippen LogP contribution is -2.12. The first-order valence-electron chi connectivity index (χ1n) is 3.67. The maximum atomic E-state index is 11.1. The summed E-state index contributed by atoms with van der Waals surface area (Å²) in [6, 6.07) is 3.41. The Balaban J connectivity index is 2.93. The third-order valence-electron chi connectivity index (χ3n) is 1.54. The number of thiol groups is 1. The summed E-state index contributed by atoms with van der Waals surface area (Å²) in [5, 5.41) is 0. The number of carbonyl (C=O) groups excluding carboxylic acids is 1. The molecule has 64 valence electrons. The van der Waals surface area contributed by atoms with Crippen LogP contribution in [0.1, 0.15) is 23.0 Å². The normalized spacial score (nSPS) is 9.50. The number of pyridine rings is 1. The summed E-state index contributed by atoms with van der Waals surface area (Å²) in [6.07, 6.45) is 2.45. The molecule has 1 heterocycles. The lowest BCUT2D eigenvalue weighted by atomic mass is 10.2. The van der Waals surface area contributed by atoms with E-state index in [0.29, 0.717) is 5.56 Å². The molecule has 0 spiro atoms. The van der Waals surface area contributed by atoms with Crippen molar-refractivity contribution < 1.29 is 4.79 Å². The molecule has 3 nitrogen and oxygen atoms in total. The van der Waals surface area contributed by atoms with Crippen molar-refractivity contribution in [3.8, 4) is 0 Å². The van der Waals surface area contributed by atoms with Crippen molar-refractivity contribution in [1.82, 2.24) is 9.71 Å². The van der Waals surface area contributed by atoms with E-state index < -0.39 is 0 Å². The Bertz CT molecular complexity index is 288. The van der Waals surface area contributed by atoms with E-state index in [2.05, 4.69) is 22.5 Å². The molecule has 0 fully saturated rings. The molecule has 0 saturated heterocycles. The Labute approximate surface area is 76.7 Å². The Morgan fingerprint density at radius 1 is 1.75 bits per heavy atom. The largest absolute Gasteiger partial charge is 0.299 e. The molecule has 0 aliphatic carbocycles. The number of rotatable bonds is 2. The van der Waals surface area contributed by atoms with Crippen LogP contribution in [0.2, 0.25) is 0 Å². The second-order valence-electron chi connectivity index (χ2n) is 2.33. The Hall–Kier alpha value is -1.03. The molecule has 1 N–H and O–H groups in total. The van der Waals surface area contributed by atoms with E-state index in [4.69, 9.17) is 0 Å². The molecular formula is C8H10N2OS. The number of nitrogens with zero attached hydrogens (tertiary/aromatic N) is 1.